The van der Waals surface area contributed by atoms with E-state index in [1.165, 1.54) is 7.05 Å². The minimum absolute atomic E-state index is 0.00176. The van der Waals surface area contributed by atoms with Crippen molar-refractivity contribution >= 4 is 11.2 Å². The number of aromatic amines is 2. The van der Waals surface area contributed by atoms with E-state index in [0.717, 1.165) is 4.57 Å². The lowest BCUT2D eigenvalue weighted by Crippen LogP contribution is -2.22. The highest BCUT2D eigenvalue weighted by Crippen LogP contribution is 2.00. The van der Waals surface area contributed by atoms with Gasteiger partial charge in [-0.05, 0) is 0 Å². The van der Waals surface area contributed by atoms with Crippen molar-refractivity contribution in [3.63, 3.8) is 0 Å². The number of fused-ring (bicyclic) bond motifs is 1. The van der Waals surface area contributed by atoms with Gasteiger partial charge in [-0.15, -0.1) is 0 Å². The molecule has 0 saturated carbocycles. The van der Waals surface area contributed by atoms with Crippen LogP contribution in [0.1, 0.15) is 0 Å². The molecular weight excluding hydrogens is 176 g/mol. The van der Waals surface area contributed by atoms with Gasteiger partial charge in [-0.1, -0.05) is 0 Å². The molecule has 2 aromatic rings. The maximum atomic E-state index is 11.3. The van der Waals surface area contributed by atoms with Gasteiger partial charge in [0.05, 0.1) is 6.01 Å². The van der Waals surface area contributed by atoms with Gasteiger partial charge >= 0.3 is 5.69 Å². The van der Waals surface area contributed by atoms with E-state index in [1.807, 2.05) is 0 Å². The van der Waals surface area contributed by atoms with Crippen LogP contribution >= 0.6 is 0 Å². The zero-order valence-electron chi connectivity index (χ0n) is 6.62. The van der Waals surface area contributed by atoms with Crippen molar-refractivity contribution < 1.29 is 5.11 Å². The van der Waals surface area contributed by atoms with E-state index >= 15 is 0 Å². The monoisotopic (exact) mass is 181 g/mol. The Hall–Kier alpha value is -2.05. The Morgan fingerprint density at radius 1 is 1.38 bits per heavy atom. The first-order valence-electron chi connectivity index (χ1n) is 3.45. The zero-order chi connectivity index (χ0) is 9.59. The summed E-state index contributed by atoms with van der Waals surface area (Å²) in [5.74, 6) is 0. The Labute approximate surface area is 70.7 Å². The largest absolute Gasteiger partial charge is 0.846 e. The molecule has 0 radical (unpaired) electrons. The number of H-pyrrole nitrogens is 2. The number of hydrogen-bond acceptors (Lipinski definition) is 4. The van der Waals surface area contributed by atoms with Crippen molar-refractivity contribution in [2.75, 3.05) is 0 Å². The molecule has 2 aromatic heterocycles. The van der Waals surface area contributed by atoms with Crippen LogP contribution in [0.2, 0.25) is 0 Å². The van der Waals surface area contributed by atoms with Crippen LogP contribution in [-0.4, -0.2) is 19.5 Å². The molecule has 2 rings (SSSR count). The van der Waals surface area contributed by atoms with Crippen molar-refractivity contribution in [1.29, 1.82) is 0 Å². The molecule has 0 spiro atoms. The SMILES string of the molecule is Cn1c([O-])nc2[nH]c(=O)[nH]c2c1=O. The van der Waals surface area contributed by atoms with E-state index in [1.54, 1.807) is 0 Å². The molecule has 0 unspecified atom stereocenters. The van der Waals surface area contributed by atoms with E-state index in [2.05, 4.69) is 15.0 Å². The third kappa shape index (κ3) is 0.934. The molecule has 0 bridgehead atoms. The first kappa shape index (κ1) is 7.59. The van der Waals surface area contributed by atoms with E-state index < -0.39 is 17.3 Å². The van der Waals surface area contributed by atoms with Crippen molar-refractivity contribution in [1.82, 2.24) is 19.5 Å². The quantitative estimate of drug-likeness (QED) is 0.491. The van der Waals surface area contributed by atoms with Crippen molar-refractivity contribution in [2.24, 2.45) is 7.05 Å². The molecular formula is C6H5N4O3-. The lowest BCUT2D eigenvalue weighted by molar-refractivity contribution is -0.285. The maximum Gasteiger partial charge on any atom is 0.325 e. The Morgan fingerprint density at radius 3 is 2.77 bits per heavy atom. The molecule has 13 heavy (non-hydrogen) atoms. The number of aromatic nitrogens is 4. The summed E-state index contributed by atoms with van der Waals surface area (Å²) in [5.41, 5.74) is -1.09. The number of hydrogen-bond donors (Lipinski definition) is 2. The molecule has 0 aliphatic rings. The molecule has 0 aromatic carbocycles. The van der Waals surface area contributed by atoms with Gasteiger partial charge in [-0.2, -0.15) is 0 Å². The third-order valence-electron chi connectivity index (χ3n) is 1.72. The fourth-order valence-corrected chi connectivity index (χ4v) is 1.04. The lowest BCUT2D eigenvalue weighted by atomic mass is 10.5. The number of nitrogens with zero attached hydrogens (tertiary/aromatic N) is 2. The van der Waals surface area contributed by atoms with Gasteiger partial charge in [0.15, 0.2) is 11.2 Å². The maximum absolute atomic E-state index is 11.3. The summed E-state index contributed by atoms with van der Waals surface area (Å²) in [6.07, 6.45) is 0. The van der Waals surface area contributed by atoms with Crippen molar-refractivity contribution in [2.45, 2.75) is 0 Å². The summed E-state index contributed by atoms with van der Waals surface area (Å²) in [5, 5.41) is 11.0. The summed E-state index contributed by atoms with van der Waals surface area (Å²) in [7, 11) is 1.29. The fourth-order valence-electron chi connectivity index (χ4n) is 1.04. The Bertz CT molecular complexity index is 576. The smallest absolute Gasteiger partial charge is 0.325 e. The molecule has 7 nitrogen and oxygen atoms in total. The molecule has 7 heteroatoms. The Kier molecular flexibility index (Phi) is 1.30. The van der Waals surface area contributed by atoms with Gasteiger partial charge in [0.25, 0.3) is 5.56 Å². The molecule has 0 aliphatic carbocycles. The second kappa shape index (κ2) is 2.22. The summed E-state index contributed by atoms with van der Waals surface area (Å²) >= 11 is 0. The number of rotatable bonds is 0. The molecule has 0 saturated heterocycles. The van der Waals surface area contributed by atoms with Crippen LogP contribution in [0.4, 0.5) is 0 Å². The van der Waals surface area contributed by atoms with Crippen LogP contribution in [0.5, 0.6) is 6.01 Å². The van der Waals surface area contributed by atoms with Gasteiger partial charge < -0.3 is 9.67 Å². The van der Waals surface area contributed by atoms with Crippen molar-refractivity contribution in [3.8, 4) is 6.01 Å². The number of imidazole rings is 1. The third-order valence-corrected chi connectivity index (χ3v) is 1.72. The number of nitrogens with one attached hydrogen (secondary N) is 2. The summed E-state index contributed by atoms with van der Waals surface area (Å²) < 4.78 is 0.826. The first-order chi connectivity index (χ1) is 6.09. The highest BCUT2D eigenvalue weighted by molar-refractivity contribution is 5.68. The molecule has 2 heterocycles. The molecule has 0 fully saturated rings. The first-order valence-corrected chi connectivity index (χ1v) is 3.45. The van der Waals surface area contributed by atoms with Crippen molar-refractivity contribution in [3.05, 3.63) is 20.8 Å². The predicted molar refractivity (Wildman–Crippen MR) is 41.4 cm³/mol. The summed E-state index contributed by atoms with van der Waals surface area (Å²) in [4.78, 5) is 30.0. The molecule has 0 atom stereocenters. The standard InChI is InChI=1S/C6H6N4O3/c1-10-4(11)2-3(9-6(10)13)8-5(12)7-2/h1H3,(H,9,13)(H2,7,8,12)/p-1. The fraction of sp³-hybridized carbons (Fsp3) is 0.167. The van der Waals surface area contributed by atoms with Gasteiger partial charge in [0, 0.05) is 7.05 Å². The van der Waals surface area contributed by atoms with Crippen LogP contribution in [0, 0.1) is 0 Å². The minimum Gasteiger partial charge on any atom is -0.846 e. The average Bonchev–Trinajstić information content (AvgIpc) is 2.42. The average molecular weight is 181 g/mol. The van der Waals surface area contributed by atoms with E-state index in [4.69, 9.17) is 0 Å². The normalized spacial score (nSPS) is 10.8. The van der Waals surface area contributed by atoms with Gasteiger partial charge in [-0.25, -0.2) is 9.78 Å². The van der Waals surface area contributed by atoms with Gasteiger partial charge in [0.2, 0.25) is 0 Å². The molecule has 0 amide bonds. The Balaban J connectivity index is 3.10. The van der Waals surface area contributed by atoms with Gasteiger partial charge in [0.1, 0.15) is 0 Å². The molecule has 68 valence electrons. The molecule has 2 N–H and O–H groups in total. The molecule has 0 aliphatic heterocycles. The van der Waals surface area contributed by atoms with Crippen LogP contribution < -0.4 is 16.4 Å². The summed E-state index contributed by atoms with van der Waals surface area (Å²) in [6.45, 7) is 0. The predicted octanol–water partition coefficient (Wildman–Crippen LogP) is -1.98. The highest BCUT2D eigenvalue weighted by Gasteiger charge is 2.05. The lowest BCUT2D eigenvalue weighted by Gasteiger charge is -2.08. The van der Waals surface area contributed by atoms with E-state index in [-0.39, 0.29) is 11.2 Å². The van der Waals surface area contributed by atoms with Crippen LogP contribution in [-0.2, 0) is 7.05 Å². The summed E-state index contributed by atoms with van der Waals surface area (Å²) in [6, 6.07) is -0.687. The van der Waals surface area contributed by atoms with E-state index in [0.29, 0.717) is 0 Å². The van der Waals surface area contributed by atoms with Gasteiger partial charge in [-0.3, -0.25) is 14.8 Å². The zero-order valence-corrected chi connectivity index (χ0v) is 6.62. The highest BCUT2D eigenvalue weighted by atomic mass is 16.3. The van der Waals surface area contributed by atoms with E-state index in [9.17, 15) is 14.7 Å². The Morgan fingerprint density at radius 2 is 2.08 bits per heavy atom. The van der Waals surface area contributed by atoms with Crippen LogP contribution in [0.15, 0.2) is 9.59 Å². The minimum atomic E-state index is -0.687. The second-order valence-corrected chi connectivity index (χ2v) is 2.56. The van der Waals surface area contributed by atoms with Crippen LogP contribution in [0.3, 0.4) is 0 Å². The second-order valence-electron chi connectivity index (χ2n) is 2.56. The van der Waals surface area contributed by atoms with Crippen LogP contribution in [0.25, 0.3) is 11.2 Å². The topological polar surface area (TPSA) is 107 Å².